The highest BCUT2D eigenvalue weighted by molar-refractivity contribution is 5.78. The Labute approximate surface area is 103 Å². The number of guanidine groups is 1. The standard InChI is InChI=1S/C13H21N3O/c1-13(2,3)16-12(14)15-9-10-5-7-11(17-4)8-6-10/h5-8H,9H2,1-4H3,(H3,14,15,16). The molecule has 0 spiro atoms. The first-order valence-electron chi connectivity index (χ1n) is 5.62. The predicted molar refractivity (Wildman–Crippen MR) is 71.2 cm³/mol. The SMILES string of the molecule is COc1ccc(CN=C(N)NC(C)(C)C)cc1. The molecule has 4 nitrogen and oxygen atoms in total. The first kappa shape index (κ1) is 13.4. The topological polar surface area (TPSA) is 59.6 Å². The maximum atomic E-state index is 5.78. The Bertz CT molecular complexity index is 377. The zero-order valence-corrected chi connectivity index (χ0v) is 10.9. The van der Waals surface area contributed by atoms with E-state index in [1.165, 1.54) is 0 Å². The molecule has 0 atom stereocenters. The highest BCUT2D eigenvalue weighted by Crippen LogP contribution is 2.11. The lowest BCUT2D eigenvalue weighted by atomic mass is 10.1. The van der Waals surface area contributed by atoms with Crippen molar-refractivity contribution in [1.82, 2.24) is 5.32 Å². The first-order chi connectivity index (χ1) is 7.90. The van der Waals surface area contributed by atoms with Gasteiger partial charge in [0.15, 0.2) is 5.96 Å². The van der Waals surface area contributed by atoms with Crippen LogP contribution in [0.2, 0.25) is 0 Å². The van der Waals surface area contributed by atoms with Gasteiger partial charge in [-0.2, -0.15) is 0 Å². The van der Waals surface area contributed by atoms with Crippen LogP contribution in [0.3, 0.4) is 0 Å². The molecular weight excluding hydrogens is 214 g/mol. The Morgan fingerprint density at radius 2 is 1.88 bits per heavy atom. The van der Waals surface area contributed by atoms with Gasteiger partial charge in [0, 0.05) is 5.54 Å². The summed E-state index contributed by atoms with van der Waals surface area (Å²) in [7, 11) is 1.65. The van der Waals surface area contributed by atoms with Gasteiger partial charge in [0.25, 0.3) is 0 Å². The van der Waals surface area contributed by atoms with Crippen molar-refractivity contribution in [2.75, 3.05) is 7.11 Å². The summed E-state index contributed by atoms with van der Waals surface area (Å²) >= 11 is 0. The number of hydrogen-bond acceptors (Lipinski definition) is 2. The zero-order chi connectivity index (χ0) is 12.9. The molecule has 0 aliphatic heterocycles. The second-order valence-corrected chi connectivity index (χ2v) is 4.92. The van der Waals surface area contributed by atoms with E-state index in [-0.39, 0.29) is 5.54 Å². The predicted octanol–water partition coefficient (Wildman–Crippen LogP) is 1.90. The average molecular weight is 235 g/mol. The second-order valence-electron chi connectivity index (χ2n) is 4.92. The van der Waals surface area contributed by atoms with Crippen molar-refractivity contribution >= 4 is 5.96 Å². The molecule has 0 fully saturated rings. The van der Waals surface area contributed by atoms with E-state index in [2.05, 4.69) is 10.3 Å². The smallest absolute Gasteiger partial charge is 0.189 e. The fourth-order valence-corrected chi connectivity index (χ4v) is 1.33. The maximum Gasteiger partial charge on any atom is 0.189 e. The van der Waals surface area contributed by atoms with E-state index in [1.807, 2.05) is 45.0 Å². The summed E-state index contributed by atoms with van der Waals surface area (Å²) in [5.74, 6) is 1.31. The van der Waals surface area contributed by atoms with Gasteiger partial charge in [0.05, 0.1) is 13.7 Å². The van der Waals surface area contributed by atoms with Crippen LogP contribution in [0.4, 0.5) is 0 Å². The van der Waals surface area contributed by atoms with E-state index in [9.17, 15) is 0 Å². The minimum atomic E-state index is -0.0620. The van der Waals surface area contributed by atoms with Crippen molar-refractivity contribution in [3.8, 4) is 5.75 Å². The molecule has 17 heavy (non-hydrogen) atoms. The Balaban J connectivity index is 2.56. The van der Waals surface area contributed by atoms with E-state index in [0.717, 1.165) is 11.3 Å². The van der Waals surface area contributed by atoms with Crippen LogP contribution in [0.25, 0.3) is 0 Å². The summed E-state index contributed by atoms with van der Waals surface area (Å²) < 4.78 is 5.09. The molecule has 3 N–H and O–H groups in total. The fourth-order valence-electron chi connectivity index (χ4n) is 1.33. The molecule has 0 heterocycles. The largest absolute Gasteiger partial charge is 0.497 e. The maximum absolute atomic E-state index is 5.78. The molecule has 0 unspecified atom stereocenters. The number of benzene rings is 1. The van der Waals surface area contributed by atoms with Crippen LogP contribution in [-0.2, 0) is 6.54 Å². The lowest BCUT2D eigenvalue weighted by Crippen LogP contribution is -2.44. The number of aliphatic imine (C=N–C) groups is 1. The summed E-state index contributed by atoms with van der Waals surface area (Å²) in [6, 6.07) is 7.79. The van der Waals surface area contributed by atoms with Gasteiger partial charge in [-0.05, 0) is 38.5 Å². The number of hydrogen-bond donors (Lipinski definition) is 2. The third kappa shape index (κ3) is 5.24. The Morgan fingerprint density at radius 3 is 2.35 bits per heavy atom. The summed E-state index contributed by atoms with van der Waals surface area (Å²) in [4.78, 5) is 4.28. The van der Waals surface area contributed by atoms with Crippen LogP contribution in [0.5, 0.6) is 5.75 Å². The number of nitrogens with two attached hydrogens (primary N) is 1. The van der Waals surface area contributed by atoms with Crippen LogP contribution in [0.15, 0.2) is 29.3 Å². The summed E-state index contributed by atoms with van der Waals surface area (Å²) in [5, 5.41) is 3.11. The number of rotatable bonds is 3. The number of methoxy groups -OCH3 is 1. The molecule has 4 heteroatoms. The first-order valence-corrected chi connectivity index (χ1v) is 5.62. The quantitative estimate of drug-likeness (QED) is 0.621. The molecular formula is C13H21N3O. The molecule has 0 radical (unpaired) electrons. The highest BCUT2D eigenvalue weighted by atomic mass is 16.5. The molecule has 0 bridgehead atoms. The average Bonchev–Trinajstić information content (AvgIpc) is 2.25. The fraction of sp³-hybridized carbons (Fsp3) is 0.462. The molecule has 0 amide bonds. The van der Waals surface area contributed by atoms with E-state index in [1.54, 1.807) is 7.11 Å². The highest BCUT2D eigenvalue weighted by Gasteiger charge is 2.09. The van der Waals surface area contributed by atoms with Crippen LogP contribution < -0.4 is 15.8 Å². The van der Waals surface area contributed by atoms with Crippen molar-refractivity contribution in [1.29, 1.82) is 0 Å². The van der Waals surface area contributed by atoms with Crippen molar-refractivity contribution in [2.24, 2.45) is 10.7 Å². The molecule has 94 valence electrons. The summed E-state index contributed by atoms with van der Waals surface area (Å²) in [6.07, 6.45) is 0. The number of nitrogens with one attached hydrogen (secondary N) is 1. The van der Waals surface area contributed by atoms with Crippen LogP contribution in [-0.4, -0.2) is 18.6 Å². The minimum absolute atomic E-state index is 0.0620. The minimum Gasteiger partial charge on any atom is -0.497 e. The molecule has 0 saturated heterocycles. The molecule has 0 aliphatic rings. The Hall–Kier alpha value is -1.71. The van der Waals surface area contributed by atoms with Gasteiger partial charge in [0.1, 0.15) is 5.75 Å². The van der Waals surface area contributed by atoms with Gasteiger partial charge in [0.2, 0.25) is 0 Å². The molecule has 0 saturated carbocycles. The third-order valence-electron chi connectivity index (χ3n) is 2.09. The number of ether oxygens (including phenoxy) is 1. The van der Waals surface area contributed by atoms with Crippen molar-refractivity contribution < 1.29 is 4.74 Å². The lowest BCUT2D eigenvalue weighted by molar-refractivity contribution is 0.414. The zero-order valence-electron chi connectivity index (χ0n) is 10.9. The Kier molecular flexibility index (Phi) is 4.37. The molecule has 1 aromatic carbocycles. The van der Waals surface area contributed by atoms with Crippen LogP contribution >= 0.6 is 0 Å². The van der Waals surface area contributed by atoms with Gasteiger partial charge >= 0.3 is 0 Å². The summed E-state index contributed by atoms with van der Waals surface area (Å²) in [5.41, 5.74) is 6.82. The Morgan fingerprint density at radius 1 is 1.29 bits per heavy atom. The van der Waals surface area contributed by atoms with Crippen molar-refractivity contribution in [2.45, 2.75) is 32.9 Å². The van der Waals surface area contributed by atoms with Gasteiger partial charge in [-0.1, -0.05) is 12.1 Å². The van der Waals surface area contributed by atoms with Gasteiger partial charge in [-0.3, -0.25) is 0 Å². The number of nitrogens with zero attached hydrogens (tertiary/aromatic N) is 1. The van der Waals surface area contributed by atoms with Gasteiger partial charge in [-0.25, -0.2) is 4.99 Å². The normalized spacial score (nSPS) is 12.4. The summed E-state index contributed by atoms with van der Waals surface area (Å²) in [6.45, 7) is 6.70. The van der Waals surface area contributed by atoms with Gasteiger partial charge in [-0.15, -0.1) is 0 Å². The lowest BCUT2D eigenvalue weighted by Gasteiger charge is -2.20. The van der Waals surface area contributed by atoms with E-state index in [4.69, 9.17) is 10.5 Å². The molecule has 1 rings (SSSR count). The third-order valence-corrected chi connectivity index (χ3v) is 2.09. The van der Waals surface area contributed by atoms with E-state index >= 15 is 0 Å². The molecule has 0 aliphatic carbocycles. The molecule has 1 aromatic rings. The van der Waals surface area contributed by atoms with Gasteiger partial charge < -0.3 is 15.8 Å². The van der Waals surface area contributed by atoms with Crippen LogP contribution in [0, 0.1) is 0 Å². The van der Waals surface area contributed by atoms with E-state index in [0.29, 0.717) is 12.5 Å². The second kappa shape index (κ2) is 5.57. The van der Waals surface area contributed by atoms with Crippen LogP contribution in [0.1, 0.15) is 26.3 Å². The van der Waals surface area contributed by atoms with Crippen molar-refractivity contribution in [3.63, 3.8) is 0 Å². The molecule has 0 aromatic heterocycles. The van der Waals surface area contributed by atoms with Crippen molar-refractivity contribution in [3.05, 3.63) is 29.8 Å². The van der Waals surface area contributed by atoms with E-state index < -0.39 is 0 Å². The monoisotopic (exact) mass is 235 g/mol.